The minimum absolute atomic E-state index is 0.164. The predicted molar refractivity (Wildman–Crippen MR) is 75.9 cm³/mol. The van der Waals surface area contributed by atoms with Crippen LogP contribution in [0.1, 0.15) is 18.9 Å². The molecule has 0 spiro atoms. The normalized spacial score (nSPS) is 10.9. The number of allylic oxidation sites excluding steroid dienone is 1. The van der Waals surface area contributed by atoms with E-state index in [1.165, 1.54) is 11.8 Å². The Morgan fingerprint density at radius 3 is 3.00 bits per heavy atom. The number of carbonyl (C=O) groups excluding carboxylic acids is 1. The Hall–Kier alpha value is -0.250. The van der Waals surface area contributed by atoms with E-state index in [2.05, 4.69) is 15.9 Å². The first-order valence-corrected chi connectivity index (χ1v) is 7.00. The molecule has 86 valence electrons. The molecule has 0 radical (unpaired) electrons. The Labute approximate surface area is 113 Å². The van der Waals surface area contributed by atoms with Crippen molar-refractivity contribution in [2.45, 2.75) is 13.3 Å². The molecule has 4 heteroatoms. The molecule has 0 unspecified atom stereocenters. The average Bonchev–Trinajstić information content (AvgIpc) is 2.22. The highest BCUT2D eigenvalue weighted by atomic mass is 79.9. The number of rotatable bonds is 4. The Morgan fingerprint density at radius 2 is 2.31 bits per heavy atom. The molecule has 0 saturated heterocycles. The van der Waals surface area contributed by atoms with Crippen LogP contribution in [0.25, 0.3) is 6.08 Å². The van der Waals surface area contributed by atoms with Crippen LogP contribution >= 0.6 is 39.3 Å². The van der Waals surface area contributed by atoms with Gasteiger partial charge >= 0.3 is 0 Å². The second kappa shape index (κ2) is 7.15. The van der Waals surface area contributed by atoms with Gasteiger partial charge in [0.2, 0.25) is 0 Å². The Morgan fingerprint density at radius 1 is 1.56 bits per heavy atom. The number of thioether (sulfide) groups is 1. The topological polar surface area (TPSA) is 17.1 Å². The van der Waals surface area contributed by atoms with E-state index >= 15 is 0 Å². The van der Waals surface area contributed by atoms with Crippen LogP contribution < -0.4 is 0 Å². The van der Waals surface area contributed by atoms with E-state index in [4.69, 9.17) is 11.6 Å². The van der Waals surface area contributed by atoms with Gasteiger partial charge < -0.3 is 0 Å². The Bertz CT molecular complexity index is 404. The van der Waals surface area contributed by atoms with Crippen molar-refractivity contribution >= 4 is 50.5 Å². The number of carbonyl (C=O) groups is 1. The first-order valence-electron chi connectivity index (χ1n) is 4.84. The fourth-order valence-electron chi connectivity index (χ4n) is 1.12. The van der Waals surface area contributed by atoms with Crippen LogP contribution in [0.4, 0.5) is 0 Å². The van der Waals surface area contributed by atoms with Crippen LogP contribution in [0.15, 0.2) is 28.7 Å². The van der Waals surface area contributed by atoms with Gasteiger partial charge in [-0.15, -0.1) is 0 Å². The molecule has 0 aliphatic rings. The van der Waals surface area contributed by atoms with Crippen molar-refractivity contribution < 1.29 is 4.79 Å². The van der Waals surface area contributed by atoms with Crippen LogP contribution in [-0.4, -0.2) is 10.9 Å². The minimum Gasteiger partial charge on any atom is -0.288 e. The van der Waals surface area contributed by atoms with E-state index in [9.17, 15) is 4.79 Å². The SMILES string of the molecule is CC(=O)SCCC=Cc1cc(Cl)ccc1Br. The van der Waals surface area contributed by atoms with Crippen LogP contribution in [0, 0.1) is 0 Å². The van der Waals surface area contributed by atoms with Gasteiger partial charge in [-0.3, -0.25) is 4.79 Å². The molecule has 0 fully saturated rings. The lowest BCUT2D eigenvalue weighted by Crippen LogP contribution is -1.83. The molecule has 0 atom stereocenters. The summed E-state index contributed by atoms with van der Waals surface area (Å²) < 4.78 is 1.02. The van der Waals surface area contributed by atoms with Crippen LogP contribution in [0.3, 0.4) is 0 Å². The molecule has 0 aromatic heterocycles. The lowest BCUT2D eigenvalue weighted by atomic mass is 10.2. The van der Waals surface area contributed by atoms with Crippen molar-refractivity contribution in [3.05, 3.63) is 39.3 Å². The van der Waals surface area contributed by atoms with Crippen molar-refractivity contribution in [2.75, 3.05) is 5.75 Å². The fraction of sp³-hybridized carbons (Fsp3) is 0.250. The zero-order chi connectivity index (χ0) is 12.0. The van der Waals surface area contributed by atoms with Crippen molar-refractivity contribution in [2.24, 2.45) is 0 Å². The number of halogens is 2. The third-order valence-electron chi connectivity index (χ3n) is 1.85. The van der Waals surface area contributed by atoms with Crippen LogP contribution in [-0.2, 0) is 4.79 Å². The summed E-state index contributed by atoms with van der Waals surface area (Å²) in [7, 11) is 0. The maximum atomic E-state index is 10.7. The van der Waals surface area contributed by atoms with Gasteiger partial charge in [-0.05, 0) is 30.2 Å². The second-order valence-electron chi connectivity index (χ2n) is 3.20. The van der Waals surface area contributed by atoms with Crippen LogP contribution in [0.2, 0.25) is 5.02 Å². The highest BCUT2D eigenvalue weighted by Gasteiger charge is 1.96. The molecule has 0 amide bonds. The molecule has 0 bridgehead atoms. The van der Waals surface area contributed by atoms with Crippen molar-refractivity contribution in [1.82, 2.24) is 0 Å². The van der Waals surface area contributed by atoms with Crippen LogP contribution in [0.5, 0.6) is 0 Å². The molecular weight excluding hydrogens is 308 g/mol. The van der Waals surface area contributed by atoms with Crippen molar-refractivity contribution in [1.29, 1.82) is 0 Å². The zero-order valence-corrected chi connectivity index (χ0v) is 12.0. The molecule has 1 aromatic rings. The third-order valence-corrected chi connectivity index (χ3v) is 3.65. The molecular formula is C12H12BrClOS. The molecule has 1 rings (SSSR count). The Kier molecular flexibility index (Phi) is 6.17. The van der Waals surface area contributed by atoms with Gasteiger partial charge in [-0.2, -0.15) is 0 Å². The minimum atomic E-state index is 0.164. The summed E-state index contributed by atoms with van der Waals surface area (Å²) in [5.74, 6) is 0.823. The molecule has 0 aliphatic carbocycles. The summed E-state index contributed by atoms with van der Waals surface area (Å²) in [5, 5.41) is 0.887. The second-order valence-corrected chi connectivity index (χ2v) is 5.76. The third kappa shape index (κ3) is 5.19. The van der Waals surface area contributed by atoms with Gasteiger partial charge in [-0.25, -0.2) is 0 Å². The largest absolute Gasteiger partial charge is 0.288 e. The number of hydrogen-bond donors (Lipinski definition) is 0. The quantitative estimate of drug-likeness (QED) is 0.743. The van der Waals surface area contributed by atoms with Crippen molar-refractivity contribution in [3.8, 4) is 0 Å². The van der Waals surface area contributed by atoms with E-state index in [1.54, 1.807) is 6.92 Å². The molecule has 0 N–H and O–H groups in total. The van der Waals surface area contributed by atoms with Gasteiger partial charge in [0, 0.05) is 22.2 Å². The highest BCUT2D eigenvalue weighted by Crippen LogP contribution is 2.22. The lowest BCUT2D eigenvalue weighted by Gasteiger charge is -1.99. The van der Waals surface area contributed by atoms with Gasteiger partial charge in [-0.1, -0.05) is 51.4 Å². The van der Waals surface area contributed by atoms with Gasteiger partial charge in [0.25, 0.3) is 0 Å². The van der Waals surface area contributed by atoms with E-state index in [-0.39, 0.29) is 5.12 Å². The average molecular weight is 320 g/mol. The molecule has 1 nitrogen and oxygen atoms in total. The van der Waals surface area contributed by atoms with E-state index in [1.807, 2.05) is 30.4 Å². The predicted octanol–water partition coefficient (Wildman–Crippen LogP) is 4.79. The fourth-order valence-corrected chi connectivity index (χ4v) is 2.22. The molecule has 0 saturated carbocycles. The summed E-state index contributed by atoms with van der Waals surface area (Å²) in [6.45, 7) is 1.59. The number of benzene rings is 1. The molecule has 16 heavy (non-hydrogen) atoms. The smallest absolute Gasteiger partial charge is 0.185 e. The zero-order valence-electron chi connectivity index (χ0n) is 8.87. The highest BCUT2D eigenvalue weighted by molar-refractivity contribution is 9.10. The van der Waals surface area contributed by atoms with E-state index < -0.39 is 0 Å². The first kappa shape index (κ1) is 13.8. The summed E-state index contributed by atoms with van der Waals surface area (Å²) in [4.78, 5) is 10.7. The maximum Gasteiger partial charge on any atom is 0.185 e. The van der Waals surface area contributed by atoms with E-state index in [0.29, 0.717) is 0 Å². The molecule has 0 aliphatic heterocycles. The molecule has 0 heterocycles. The monoisotopic (exact) mass is 318 g/mol. The maximum absolute atomic E-state index is 10.7. The Balaban J connectivity index is 2.49. The lowest BCUT2D eigenvalue weighted by molar-refractivity contribution is -0.109. The summed E-state index contributed by atoms with van der Waals surface area (Å²) in [6.07, 6.45) is 4.94. The van der Waals surface area contributed by atoms with Gasteiger partial charge in [0.1, 0.15) is 0 Å². The molecule has 1 aromatic carbocycles. The van der Waals surface area contributed by atoms with Gasteiger partial charge in [0.15, 0.2) is 5.12 Å². The summed E-state index contributed by atoms with van der Waals surface area (Å²) in [5.41, 5.74) is 1.06. The standard InChI is InChI=1S/C12H12BrClOS/c1-9(15)16-7-3-2-4-10-8-11(14)5-6-12(10)13/h2,4-6,8H,3,7H2,1H3. The van der Waals surface area contributed by atoms with Gasteiger partial charge in [0.05, 0.1) is 0 Å². The van der Waals surface area contributed by atoms with Crippen molar-refractivity contribution in [3.63, 3.8) is 0 Å². The number of hydrogen-bond acceptors (Lipinski definition) is 2. The summed E-state index contributed by atoms with van der Waals surface area (Å²) in [6, 6.07) is 5.67. The first-order chi connectivity index (χ1) is 7.59. The van der Waals surface area contributed by atoms with E-state index in [0.717, 1.165) is 27.2 Å². The summed E-state index contributed by atoms with van der Waals surface area (Å²) >= 11 is 10.7.